The molecular weight excluding hydrogens is 254 g/mol. The molecule has 2 atom stereocenters. The number of nitrogens with zero attached hydrogens (tertiary/aromatic N) is 1. The van der Waals surface area contributed by atoms with Gasteiger partial charge in [-0.3, -0.25) is 9.59 Å². The Morgan fingerprint density at radius 2 is 1.80 bits per heavy atom. The molecule has 1 amide bonds. The minimum atomic E-state index is -0.875. The van der Waals surface area contributed by atoms with Crippen LogP contribution in [-0.2, 0) is 9.59 Å². The van der Waals surface area contributed by atoms with Crippen LogP contribution < -0.4 is 0 Å². The third-order valence-corrected chi connectivity index (χ3v) is 3.43. The van der Waals surface area contributed by atoms with Crippen molar-refractivity contribution >= 4 is 11.9 Å². The Labute approximate surface area is 120 Å². The predicted octanol–water partition coefficient (Wildman–Crippen LogP) is 3.10. The standard InChI is InChI=1S/C16H23NO3/c1-4-8-15(18)17(11-12(2)16(19)20)13(3)14-9-6-5-7-10-14/h5-7,9-10,12-13H,4,8,11H2,1-3H3,(H,19,20). The summed E-state index contributed by atoms with van der Waals surface area (Å²) in [5.74, 6) is -1.43. The first-order chi connectivity index (χ1) is 9.47. The van der Waals surface area contributed by atoms with Crippen LogP contribution in [0.3, 0.4) is 0 Å². The van der Waals surface area contributed by atoms with Gasteiger partial charge in [0, 0.05) is 13.0 Å². The van der Waals surface area contributed by atoms with Crippen LogP contribution in [0.2, 0.25) is 0 Å². The molecule has 0 radical (unpaired) electrons. The number of rotatable bonds is 7. The molecule has 110 valence electrons. The average molecular weight is 277 g/mol. The molecule has 0 aromatic heterocycles. The van der Waals surface area contributed by atoms with Crippen molar-refractivity contribution < 1.29 is 14.7 Å². The van der Waals surface area contributed by atoms with E-state index in [-0.39, 0.29) is 18.5 Å². The summed E-state index contributed by atoms with van der Waals surface area (Å²) in [5.41, 5.74) is 1.02. The van der Waals surface area contributed by atoms with Gasteiger partial charge in [-0.1, -0.05) is 44.2 Å². The Hall–Kier alpha value is -1.84. The molecule has 4 heteroatoms. The summed E-state index contributed by atoms with van der Waals surface area (Å²) in [5, 5.41) is 9.06. The van der Waals surface area contributed by atoms with Gasteiger partial charge in [-0.2, -0.15) is 0 Å². The van der Waals surface area contributed by atoms with Crippen molar-refractivity contribution in [1.82, 2.24) is 4.90 Å². The normalized spacial score (nSPS) is 13.6. The highest BCUT2D eigenvalue weighted by Gasteiger charge is 2.25. The zero-order valence-electron chi connectivity index (χ0n) is 12.4. The topological polar surface area (TPSA) is 57.6 Å². The Morgan fingerprint density at radius 1 is 1.20 bits per heavy atom. The van der Waals surface area contributed by atoms with Crippen molar-refractivity contribution in [1.29, 1.82) is 0 Å². The van der Waals surface area contributed by atoms with Crippen molar-refractivity contribution in [2.75, 3.05) is 6.54 Å². The van der Waals surface area contributed by atoms with Gasteiger partial charge in [-0.15, -0.1) is 0 Å². The van der Waals surface area contributed by atoms with Crippen molar-refractivity contribution in [3.05, 3.63) is 35.9 Å². The molecule has 20 heavy (non-hydrogen) atoms. The van der Waals surface area contributed by atoms with Crippen molar-refractivity contribution in [3.8, 4) is 0 Å². The Morgan fingerprint density at radius 3 is 2.30 bits per heavy atom. The largest absolute Gasteiger partial charge is 0.481 e. The number of benzene rings is 1. The van der Waals surface area contributed by atoms with Gasteiger partial charge in [0.05, 0.1) is 12.0 Å². The zero-order chi connectivity index (χ0) is 15.1. The monoisotopic (exact) mass is 277 g/mol. The van der Waals surface area contributed by atoms with E-state index in [2.05, 4.69) is 0 Å². The Kier molecular flexibility index (Phi) is 6.22. The molecule has 2 unspecified atom stereocenters. The van der Waals surface area contributed by atoms with Crippen LogP contribution >= 0.6 is 0 Å². The van der Waals surface area contributed by atoms with E-state index in [9.17, 15) is 9.59 Å². The first kappa shape index (κ1) is 16.2. The Bertz CT molecular complexity index is 444. The summed E-state index contributed by atoms with van der Waals surface area (Å²) >= 11 is 0. The van der Waals surface area contributed by atoms with Crippen LogP contribution in [0.25, 0.3) is 0 Å². The highest BCUT2D eigenvalue weighted by Crippen LogP contribution is 2.22. The fourth-order valence-corrected chi connectivity index (χ4v) is 2.12. The van der Waals surface area contributed by atoms with E-state index in [4.69, 9.17) is 5.11 Å². The highest BCUT2D eigenvalue weighted by atomic mass is 16.4. The molecule has 0 saturated carbocycles. The van der Waals surface area contributed by atoms with E-state index in [0.717, 1.165) is 12.0 Å². The second-order valence-electron chi connectivity index (χ2n) is 5.12. The molecule has 0 aliphatic rings. The number of hydrogen-bond donors (Lipinski definition) is 1. The number of carboxylic acid groups (broad SMARTS) is 1. The van der Waals surface area contributed by atoms with Gasteiger partial charge in [0.2, 0.25) is 5.91 Å². The first-order valence-corrected chi connectivity index (χ1v) is 7.04. The summed E-state index contributed by atoms with van der Waals surface area (Å²) in [4.78, 5) is 25.0. The van der Waals surface area contributed by atoms with Crippen LogP contribution in [0.1, 0.15) is 45.2 Å². The van der Waals surface area contributed by atoms with Gasteiger partial charge in [0.1, 0.15) is 0 Å². The quantitative estimate of drug-likeness (QED) is 0.833. The van der Waals surface area contributed by atoms with E-state index in [1.807, 2.05) is 44.2 Å². The van der Waals surface area contributed by atoms with Crippen molar-refractivity contribution in [3.63, 3.8) is 0 Å². The van der Waals surface area contributed by atoms with Gasteiger partial charge in [0.25, 0.3) is 0 Å². The fourth-order valence-electron chi connectivity index (χ4n) is 2.12. The summed E-state index contributed by atoms with van der Waals surface area (Å²) in [6.45, 7) is 5.76. The number of amides is 1. The van der Waals surface area contributed by atoms with Crippen LogP contribution in [0.5, 0.6) is 0 Å². The molecule has 1 aromatic rings. The third kappa shape index (κ3) is 4.37. The molecule has 0 heterocycles. The van der Waals surface area contributed by atoms with Gasteiger partial charge in [-0.25, -0.2) is 0 Å². The van der Waals surface area contributed by atoms with Crippen molar-refractivity contribution in [2.24, 2.45) is 5.92 Å². The van der Waals surface area contributed by atoms with E-state index >= 15 is 0 Å². The summed E-state index contributed by atoms with van der Waals surface area (Å²) in [6.07, 6.45) is 1.21. The number of hydrogen-bond acceptors (Lipinski definition) is 2. The molecular formula is C16H23NO3. The second-order valence-corrected chi connectivity index (χ2v) is 5.12. The summed E-state index contributed by atoms with van der Waals surface area (Å²) in [6, 6.07) is 9.58. The van der Waals surface area contributed by atoms with Crippen LogP contribution in [0.4, 0.5) is 0 Å². The SMILES string of the molecule is CCCC(=O)N(CC(C)C(=O)O)C(C)c1ccccc1. The lowest BCUT2D eigenvalue weighted by Gasteiger charge is -2.31. The maximum absolute atomic E-state index is 12.2. The lowest BCUT2D eigenvalue weighted by atomic mass is 10.0. The van der Waals surface area contributed by atoms with Gasteiger partial charge >= 0.3 is 5.97 Å². The number of carbonyl (C=O) groups is 2. The van der Waals surface area contributed by atoms with Crippen LogP contribution in [0, 0.1) is 5.92 Å². The lowest BCUT2D eigenvalue weighted by molar-refractivity contribution is -0.143. The Balaban J connectivity index is 2.92. The predicted molar refractivity (Wildman–Crippen MR) is 78.3 cm³/mol. The maximum Gasteiger partial charge on any atom is 0.308 e. The minimum absolute atomic E-state index is 0.0111. The third-order valence-electron chi connectivity index (χ3n) is 3.43. The molecule has 0 aliphatic heterocycles. The number of carboxylic acids is 1. The molecule has 1 rings (SSSR count). The summed E-state index contributed by atoms with van der Waals surface area (Å²) < 4.78 is 0. The second kappa shape index (κ2) is 7.68. The van der Waals surface area contributed by atoms with Crippen molar-refractivity contribution in [2.45, 2.75) is 39.7 Å². The zero-order valence-corrected chi connectivity index (χ0v) is 12.4. The highest BCUT2D eigenvalue weighted by molar-refractivity contribution is 5.78. The van der Waals surface area contributed by atoms with E-state index < -0.39 is 11.9 Å². The van der Waals surface area contributed by atoms with Crippen LogP contribution in [-0.4, -0.2) is 28.4 Å². The molecule has 0 fully saturated rings. The maximum atomic E-state index is 12.2. The van der Waals surface area contributed by atoms with E-state index in [0.29, 0.717) is 6.42 Å². The molecule has 0 spiro atoms. The van der Waals surface area contributed by atoms with Gasteiger partial charge in [-0.05, 0) is 18.9 Å². The van der Waals surface area contributed by atoms with E-state index in [1.54, 1.807) is 11.8 Å². The summed E-state index contributed by atoms with van der Waals surface area (Å²) in [7, 11) is 0. The molecule has 0 saturated heterocycles. The number of aliphatic carboxylic acids is 1. The molecule has 1 aromatic carbocycles. The smallest absolute Gasteiger partial charge is 0.308 e. The number of carbonyl (C=O) groups excluding carboxylic acids is 1. The van der Waals surface area contributed by atoms with E-state index in [1.165, 1.54) is 0 Å². The molecule has 0 bridgehead atoms. The fraction of sp³-hybridized carbons (Fsp3) is 0.500. The first-order valence-electron chi connectivity index (χ1n) is 7.04. The minimum Gasteiger partial charge on any atom is -0.481 e. The lowest BCUT2D eigenvalue weighted by Crippen LogP contribution is -2.38. The average Bonchev–Trinajstić information content (AvgIpc) is 2.44. The van der Waals surface area contributed by atoms with Gasteiger partial charge in [0.15, 0.2) is 0 Å². The molecule has 1 N–H and O–H groups in total. The molecule has 4 nitrogen and oxygen atoms in total. The molecule has 0 aliphatic carbocycles. The van der Waals surface area contributed by atoms with Gasteiger partial charge < -0.3 is 10.0 Å². The van der Waals surface area contributed by atoms with Crippen LogP contribution in [0.15, 0.2) is 30.3 Å².